The number of hydrogen-bond donors (Lipinski definition) is 2. The first-order valence-corrected chi connectivity index (χ1v) is 9.86. The summed E-state index contributed by atoms with van der Waals surface area (Å²) in [5.41, 5.74) is 15.2. The Labute approximate surface area is 180 Å². The van der Waals surface area contributed by atoms with Crippen LogP contribution in [0.5, 0.6) is 5.75 Å². The molecule has 0 radical (unpaired) electrons. The Kier molecular flexibility index (Phi) is 6.01. The van der Waals surface area contributed by atoms with E-state index in [1.54, 1.807) is 12.5 Å². The van der Waals surface area contributed by atoms with Gasteiger partial charge in [0.1, 0.15) is 17.7 Å². The van der Waals surface area contributed by atoms with E-state index >= 15 is 0 Å². The first-order chi connectivity index (χ1) is 13.1. The summed E-state index contributed by atoms with van der Waals surface area (Å²) in [6, 6.07) is 5.80. The van der Waals surface area contributed by atoms with E-state index in [-0.39, 0.29) is 17.0 Å². The normalized spacial score (nSPS) is 10.6. The predicted molar refractivity (Wildman–Crippen MR) is 119 cm³/mol. The number of benzene rings is 1. The minimum absolute atomic E-state index is 0. The lowest BCUT2D eigenvalue weighted by Gasteiger charge is -2.11. The van der Waals surface area contributed by atoms with E-state index in [1.807, 2.05) is 32.0 Å². The molecule has 4 rings (SSSR count). The molecule has 0 unspecified atom stereocenters. The third-order valence-corrected chi connectivity index (χ3v) is 5.79. The molecule has 0 aliphatic rings. The predicted octanol–water partition coefficient (Wildman–Crippen LogP) is 5.04. The maximum atomic E-state index is 6.06. The highest BCUT2D eigenvalue weighted by Gasteiger charge is 2.22. The lowest BCUT2D eigenvalue weighted by Crippen LogP contribution is -1.95. The van der Waals surface area contributed by atoms with Crippen LogP contribution in [-0.2, 0) is 0 Å². The monoisotopic (exact) mass is 479 g/mol. The number of oxazole rings is 1. The Morgan fingerprint density at radius 1 is 1.11 bits per heavy atom. The van der Waals surface area contributed by atoms with Gasteiger partial charge in [-0.1, -0.05) is 22.7 Å². The lowest BCUT2D eigenvalue weighted by molar-refractivity contribution is 0.342. The Hall–Kier alpha value is -2.43. The van der Waals surface area contributed by atoms with E-state index in [0.29, 0.717) is 22.8 Å². The lowest BCUT2D eigenvalue weighted by atomic mass is 10.1. The van der Waals surface area contributed by atoms with E-state index < -0.39 is 0 Å². The molecule has 0 spiro atoms. The maximum Gasteiger partial charge on any atom is 0.225 e. The van der Waals surface area contributed by atoms with Crippen molar-refractivity contribution in [1.82, 2.24) is 15.0 Å². The number of halogens is 1. The highest BCUT2D eigenvalue weighted by atomic mass is 79.9. The van der Waals surface area contributed by atoms with Gasteiger partial charge in [0, 0.05) is 11.1 Å². The minimum atomic E-state index is 0. The molecule has 0 bridgehead atoms. The minimum Gasteiger partial charge on any atom is -0.493 e. The second-order valence-electron chi connectivity index (χ2n) is 5.68. The molecular weight excluding hydrogens is 462 g/mol. The molecule has 1 aromatic carbocycles. The summed E-state index contributed by atoms with van der Waals surface area (Å²) in [5.74, 6) is 1.28. The third kappa shape index (κ3) is 3.75. The number of nitrogens with two attached hydrogens (primary N) is 2. The molecular formula is C18H18BrN5O2S2. The Bertz CT molecular complexity index is 1090. The average molecular weight is 480 g/mol. The van der Waals surface area contributed by atoms with E-state index in [1.165, 1.54) is 22.7 Å². The summed E-state index contributed by atoms with van der Waals surface area (Å²) < 4.78 is 11.3. The molecule has 7 nitrogen and oxygen atoms in total. The number of aromatic nitrogens is 3. The van der Waals surface area contributed by atoms with Gasteiger partial charge < -0.3 is 20.6 Å². The van der Waals surface area contributed by atoms with Crippen molar-refractivity contribution in [2.75, 3.05) is 18.1 Å². The molecule has 0 saturated carbocycles. The van der Waals surface area contributed by atoms with Crippen molar-refractivity contribution in [3.8, 4) is 38.2 Å². The number of nitrogens with zero attached hydrogens (tertiary/aromatic N) is 3. The van der Waals surface area contributed by atoms with Crippen LogP contribution in [0.15, 0.2) is 35.1 Å². The van der Waals surface area contributed by atoms with Gasteiger partial charge in [0.2, 0.25) is 5.89 Å². The van der Waals surface area contributed by atoms with E-state index in [4.69, 9.17) is 20.6 Å². The Morgan fingerprint density at radius 3 is 2.50 bits per heavy atom. The fraction of sp³-hybridized carbons (Fsp3) is 0.167. The van der Waals surface area contributed by atoms with Gasteiger partial charge in [-0.15, -0.1) is 17.0 Å². The molecule has 0 atom stereocenters. The van der Waals surface area contributed by atoms with E-state index in [2.05, 4.69) is 15.0 Å². The van der Waals surface area contributed by atoms with Gasteiger partial charge in [0.25, 0.3) is 0 Å². The smallest absolute Gasteiger partial charge is 0.225 e. The summed E-state index contributed by atoms with van der Waals surface area (Å²) in [7, 11) is 0. The average Bonchev–Trinajstić information content (AvgIpc) is 3.36. The highest BCUT2D eigenvalue weighted by molar-refractivity contribution is 8.93. The molecule has 0 aliphatic heterocycles. The SMILES string of the molecule is Br.CCOc1ccc(-c2ncco2)cc1-c1sc(N)nc1-c1sc(N)nc1C. The fourth-order valence-corrected chi connectivity index (χ4v) is 4.55. The van der Waals surface area contributed by atoms with Gasteiger partial charge in [-0.2, -0.15) is 0 Å². The number of ether oxygens (including phenoxy) is 1. The van der Waals surface area contributed by atoms with Gasteiger partial charge in [-0.25, -0.2) is 15.0 Å². The molecule has 146 valence electrons. The van der Waals surface area contributed by atoms with Crippen LogP contribution in [0.4, 0.5) is 10.3 Å². The molecule has 0 saturated heterocycles. The molecule has 10 heteroatoms. The van der Waals surface area contributed by atoms with E-state index in [9.17, 15) is 0 Å². The largest absolute Gasteiger partial charge is 0.493 e. The van der Waals surface area contributed by atoms with Crippen molar-refractivity contribution >= 4 is 49.9 Å². The van der Waals surface area contributed by atoms with Gasteiger partial charge in [0.05, 0.1) is 28.3 Å². The molecule has 4 aromatic rings. The molecule has 3 aromatic heterocycles. The van der Waals surface area contributed by atoms with Gasteiger partial charge >= 0.3 is 0 Å². The molecule has 0 fully saturated rings. The summed E-state index contributed by atoms with van der Waals surface area (Å²) in [6.07, 6.45) is 3.16. The van der Waals surface area contributed by atoms with Crippen LogP contribution in [-0.4, -0.2) is 21.6 Å². The van der Waals surface area contributed by atoms with Crippen LogP contribution < -0.4 is 16.2 Å². The van der Waals surface area contributed by atoms with Crippen LogP contribution in [0, 0.1) is 6.92 Å². The van der Waals surface area contributed by atoms with E-state index in [0.717, 1.165) is 38.0 Å². The zero-order valence-corrected chi connectivity index (χ0v) is 18.5. The zero-order valence-electron chi connectivity index (χ0n) is 15.1. The second kappa shape index (κ2) is 8.29. The summed E-state index contributed by atoms with van der Waals surface area (Å²) >= 11 is 2.79. The number of rotatable bonds is 5. The highest BCUT2D eigenvalue weighted by Crippen LogP contribution is 2.45. The number of aryl methyl sites for hydroxylation is 1. The quantitative estimate of drug-likeness (QED) is 0.412. The van der Waals surface area contributed by atoms with Gasteiger partial charge in [0.15, 0.2) is 10.3 Å². The Balaban J connectivity index is 0.00000225. The van der Waals surface area contributed by atoms with Crippen LogP contribution >= 0.6 is 39.7 Å². The number of anilines is 2. The van der Waals surface area contributed by atoms with Crippen molar-refractivity contribution in [2.24, 2.45) is 0 Å². The first kappa shape index (κ1) is 20.3. The number of nitrogen functional groups attached to an aromatic ring is 2. The molecule has 0 aliphatic carbocycles. The van der Waals surface area contributed by atoms with Crippen molar-refractivity contribution in [1.29, 1.82) is 0 Å². The molecule has 3 heterocycles. The van der Waals surface area contributed by atoms with Gasteiger partial charge in [-0.3, -0.25) is 0 Å². The number of hydrogen-bond acceptors (Lipinski definition) is 9. The molecule has 4 N–H and O–H groups in total. The molecule has 0 amide bonds. The fourth-order valence-electron chi connectivity index (χ4n) is 2.80. The summed E-state index contributed by atoms with van der Waals surface area (Å²) in [6.45, 7) is 4.40. The van der Waals surface area contributed by atoms with Crippen molar-refractivity contribution in [3.63, 3.8) is 0 Å². The molecule has 28 heavy (non-hydrogen) atoms. The summed E-state index contributed by atoms with van der Waals surface area (Å²) in [4.78, 5) is 14.9. The third-order valence-electron chi connectivity index (χ3n) is 3.88. The van der Waals surface area contributed by atoms with Crippen molar-refractivity contribution < 1.29 is 9.15 Å². The van der Waals surface area contributed by atoms with Crippen LogP contribution in [0.25, 0.3) is 32.5 Å². The zero-order chi connectivity index (χ0) is 19.0. The van der Waals surface area contributed by atoms with Crippen LogP contribution in [0.2, 0.25) is 0 Å². The topological polar surface area (TPSA) is 113 Å². The van der Waals surface area contributed by atoms with Crippen molar-refractivity contribution in [3.05, 3.63) is 36.4 Å². The summed E-state index contributed by atoms with van der Waals surface area (Å²) in [5, 5.41) is 0.967. The standard InChI is InChI=1S/C18H17N5O2S2.BrH/c1-3-24-12-5-4-10(16-21-6-7-25-16)8-11(12)15-13(23-18(20)27-15)14-9(2)22-17(19)26-14;/h4-8H,3H2,1-2H3,(H2,19,22)(H2,20,23);1H. The van der Waals surface area contributed by atoms with Gasteiger partial charge in [-0.05, 0) is 32.0 Å². The second-order valence-corrected chi connectivity index (χ2v) is 7.74. The van der Waals surface area contributed by atoms with Crippen molar-refractivity contribution in [2.45, 2.75) is 13.8 Å². The number of thiazole rings is 2. The Morgan fingerprint density at radius 2 is 1.86 bits per heavy atom. The maximum absolute atomic E-state index is 6.06. The van der Waals surface area contributed by atoms with Crippen LogP contribution in [0.1, 0.15) is 12.6 Å². The van der Waals surface area contributed by atoms with Crippen LogP contribution in [0.3, 0.4) is 0 Å². The first-order valence-electron chi connectivity index (χ1n) is 8.23.